The van der Waals surface area contributed by atoms with Crippen LogP contribution in [-0.4, -0.2) is 47.8 Å². The van der Waals surface area contributed by atoms with Crippen LogP contribution in [-0.2, 0) is 16.1 Å². The molecule has 1 aromatic carbocycles. The number of aliphatic imine (C=N–C) groups is 1. The van der Waals surface area contributed by atoms with Gasteiger partial charge in [-0.1, -0.05) is 23.9 Å². The van der Waals surface area contributed by atoms with Gasteiger partial charge in [0.25, 0.3) is 0 Å². The van der Waals surface area contributed by atoms with Crippen molar-refractivity contribution in [1.82, 2.24) is 10.2 Å². The lowest BCUT2D eigenvalue weighted by Crippen LogP contribution is -2.35. The molecule has 2 amide bonds. The van der Waals surface area contributed by atoms with Crippen LogP contribution < -0.4 is 10.1 Å². The fourth-order valence-electron chi connectivity index (χ4n) is 2.67. The number of benzene rings is 1. The quantitative estimate of drug-likeness (QED) is 0.900. The first-order valence-corrected chi connectivity index (χ1v) is 8.53. The molecule has 7 heteroatoms. The molecule has 23 heavy (non-hydrogen) atoms. The Labute approximate surface area is 139 Å². The zero-order chi connectivity index (χ0) is 16.2. The Morgan fingerprint density at radius 3 is 2.87 bits per heavy atom. The molecule has 2 heterocycles. The summed E-state index contributed by atoms with van der Waals surface area (Å²) in [6, 6.07) is 7.61. The average molecular weight is 333 g/mol. The van der Waals surface area contributed by atoms with E-state index in [4.69, 9.17) is 4.74 Å². The van der Waals surface area contributed by atoms with Crippen LogP contribution in [0.3, 0.4) is 0 Å². The Bertz CT molecular complexity index is 630. The Hall–Kier alpha value is -2.02. The molecule has 0 bridgehead atoms. The predicted molar refractivity (Wildman–Crippen MR) is 89.4 cm³/mol. The van der Waals surface area contributed by atoms with Gasteiger partial charge in [0, 0.05) is 25.3 Å². The smallest absolute Gasteiger partial charge is 0.231 e. The summed E-state index contributed by atoms with van der Waals surface area (Å²) < 4.78 is 5.13. The van der Waals surface area contributed by atoms with E-state index in [0.717, 1.165) is 23.6 Å². The second kappa shape index (κ2) is 7.04. The van der Waals surface area contributed by atoms with Crippen LogP contribution in [0.1, 0.15) is 12.0 Å². The van der Waals surface area contributed by atoms with Crippen LogP contribution in [0.2, 0.25) is 0 Å². The van der Waals surface area contributed by atoms with E-state index in [9.17, 15) is 9.59 Å². The highest BCUT2D eigenvalue weighted by Gasteiger charge is 2.34. The number of carbonyl (C=O) groups excluding carboxylic acids is 2. The van der Waals surface area contributed by atoms with Gasteiger partial charge in [-0.2, -0.15) is 0 Å². The Balaban J connectivity index is 1.57. The van der Waals surface area contributed by atoms with Crippen LogP contribution in [0, 0.1) is 5.92 Å². The normalized spacial score (nSPS) is 20.6. The van der Waals surface area contributed by atoms with Gasteiger partial charge in [0.1, 0.15) is 5.75 Å². The largest absolute Gasteiger partial charge is 0.497 e. The van der Waals surface area contributed by atoms with E-state index in [0.29, 0.717) is 18.3 Å². The molecule has 2 aliphatic rings. The minimum absolute atomic E-state index is 0.0157. The van der Waals surface area contributed by atoms with Crippen molar-refractivity contribution in [2.75, 3.05) is 26.0 Å². The molecule has 122 valence electrons. The Morgan fingerprint density at radius 2 is 2.22 bits per heavy atom. The van der Waals surface area contributed by atoms with Crippen LogP contribution in [0.25, 0.3) is 0 Å². The third kappa shape index (κ3) is 3.85. The molecule has 6 nitrogen and oxygen atoms in total. The van der Waals surface area contributed by atoms with Crippen LogP contribution in [0.4, 0.5) is 0 Å². The molecule has 1 aromatic rings. The maximum atomic E-state index is 12.2. The number of rotatable bonds is 4. The number of hydrogen-bond donors (Lipinski definition) is 1. The molecular formula is C16H19N3O3S. The van der Waals surface area contributed by atoms with Gasteiger partial charge in [-0.15, -0.1) is 0 Å². The molecule has 2 aliphatic heterocycles. The molecule has 0 aromatic heterocycles. The highest BCUT2D eigenvalue weighted by Crippen LogP contribution is 2.22. The topological polar surface area (TPSA) is 71.0 Å². The number of carbonyl (C=O) groups is 2. The number of nitrogens with one attached hydrogen (secondary N) is 1. The van der Waals surface area contributed by atoms with Gasteiger partial charge < -0.3 is 15.0 Å². The molecule has 1 atom stereocenters. The Kier molecular flexibility index (Phi) is 4.85. The summed E-state index contributed by atoms with van der Waals surface area (Å²) in [5.74, 6) is 1.30. The maximum absolute atomic E-state index is 12.2. The van der Waals surface area contributed by atoms with Gasteiger partial charge in [0.05, 0.1) is 19.6 Å². The summed E-state index contributed by atoms with van der Waals surface area (Å²) in [5, 5.41) is 3.50. The maximum Gasteiger partial charge on any atom is 0.231 e. The number of hydrogen-bond acceptors (Lipinski definition) is 5. The zero-order valence-electron chi connectivity index (χ0n) is 12.9. The van der Waals surface area contributed by atoms with Crippen LogP contribution in [0.15, 0.2) is 29.3 Å². The van der Waals surface area contributed by atoms with Crippen molar-refractivity contribution in [3.05, 3.63) is 29.8 Å². The Morgan fingerprint density at radius 1 is 1.43 bits per heavy atom. The first kappa shape index (κ1) is 15.9. The monoisotopic (exact) mass is 333 g/mol. The molecule has 0 radical (unpaired) electrons. The first-order valence-electron chi connectivity index (χ1n) is 7.54. The SMILES string of the molecule is COc1ccc(CN2CC(C(=O)NC3=NCCS3)CC2=O)cc1. The highest BCUT2D eigenvalue weighted by molar-refractivity contribution is 8.14. The average Bonchev–Trinajstić information content (AvgIpc) is 3.18. The van der Waals surface area contributed by atoms with Crippen molar-refractivity contribution >= 4 is 28.7 Å². The van der Waals surface area contributed by atoms with Crippen LogP contribution in [0.5, 0.6) is 5.75 Å². The van der Waals surface area contributed by atoms with E-state index in [1.807, 2.05) is 24.3 Å². The summed E-state index contributed by atoms with van der Waals surface area (Å²) in [6.45, 7) is 1.71. The van der Waals surface area contributed by atoms with Crippen molar-refractivity contribution < 1.29 is 14.3 Å². The van der Waals surface area contributed by atoms with Crippen molar-refractivity contribution in [2.24, 2.45) is 10.9 Å². The summed E-state index contributed by atoms with van der Waals surface area (Å²) >= 11 is 1.54. The minimum Gasteiger partial charge on any atom is -0.497 e. The lowest BCUT2D eigenvalue weighted by molar-refractivity contribution is -0.129. The van der Waals surface area contributed by atoms with E-state index in [2.05, 4.69) is 10.3 Å². The number of amidine groups is 1. The second-order valence-electron chi connectivity index (χ2n) is 5.55. The van der Waals surface area contributed by atoms with Crippen molar-refractivity contribution in [3.63, 3.8) is 0 Å². The second-order valence-corrected chi connectivity index (χ2v) is 6.63. The molecular weight excluding hydrogens is 314 g/mol. The summed E-state index contributed by atoms with van der Waals surface area (Å²) in [7, 11) is 1.62. The minimum atomic E-state index is -0.301. The van der Waals surface area contributed by atoms with Crippen LogP contribution >= 0.6 is 11.8 Å². The lowest BCUT2D eigenvalue weighted by Gasteiger charge is -2.17. The van der Waals surface area contributed by atoms with Gasteiger partial charge >= 0.3 is 0 Å². The standard InChI is InChI=1S/C16H19N3O3S/c1-22-13-4-2-11(3-5-13)9-19-10-12(8-14(19)20)15(21)18-16-17-6-7-23-16/h2-5,12H,6-10H2,1H3,(H,17,18,21). The van der Waals surface area contributed by atoms with Crippen molar-refractivity contribution in [1.29, 1.82) is 0 Å². The third-order valence-corrected chi connectivity index (χ3v) is 4.82. The van der Waals surface area contributed by atoms with E-state index < -0.39 is 0 Å². The summed E-state index contributed by atoms with van der Waals surface area (Å²) in [6.07, 6.45) is 0.264. The molecule has 1 N–H and O–H groups in total. The van der Waals surface area contributed by atoms with E-state index in [1.165, 1.54) is 0 Å². The fourth-order valence-corrected chi connectivity index (χ4v) is 3.40. The molecule has 0 aliphatic carbocycles. The first-order chi connectivity index (χ1) is 11.2. The molecule has 1 unspecified atom stereocenters. The number of thioether (sulfide) groups is 1. The summed E-state index contributed by atoms with van der Waals surface area (Å²) in [5.41, 5.74) is 1.02. The molecule has 1 saturated heterocycles. The van der Waals surface area contributed by atoms with Gasteiger partial charge in [-0.05, 0) is 17.7 Å². The predicted octanol–water partition coefficient (Wildman–Crippen LogP) is 1.26. The molecule has 0 spiro atoms. The fraction of sp³-hybridized carbons (Fsp3) is 0.438. The number of ether oxygens (including phenoxy) is 1. The van der Waals surface area contributed by atoms with Gasteiger partial charge in [-0.25, -0.2) is 0 Å². The zero-order valence-corrected chi connectivity index (χ0v) is 13.8. The van der Waals surface area contributed by atoms with Crippen molar-refractivity contribution in [2.45, 2.75) is 13.0 Å². The number of amides is 2. The lowest BCUT2D eigenvalue weighted by atomic mass is 10.1. The highest BCUT2D eigenvalue weighted by atomic mass is 32.2. The van der Waals surface area contributed by atoms with Gasteiger partial charge in [0.15, 0.2) is 5.17 Å². The molecule has 3 rings (SSSR count). The summed E-state index contributed by atoms with van der Waals surface area (Å²) in [4.78, 5) is 30.3. The number of nitrogens with zero attached hydrogens (tertiary/aromatic N) is 2. The third-order valence-electron chi connectivity index (χ3n) is 3.93. The van der Waals surface area contributed by atoms with E-state index in [1.54, 1.807) is 23.8 Å². The number of likely N-dealkylation sites (tertiary alicyclic amines) is 1. The van der Waals surface area contributed by atoms with E-state index >= 15 is 0 Å². The molecule has 1 fully saturated rings. The van der Waals surface area contributed by atoms with Crippen molar-refractivity contribution in [3.8, 4) is 5.75 Å². The van der Waals surface area contributed by atoms with Gasteiger partial charge in [-0.3, -0.25) is 14.6 Å². The van der Waals surface area contributed by atoms with Gasteiger partial charge in [0.2, 0.25) is 11.8 Å². The number of methoxy groups -OCH3 is 1. The van der Waals surface area contributed by atoms with E-state index in [-0.39, 0.29) is 24.2 Å². The molecule has 0 saturated carbocycles.